The van der Waals surface area contributed by atoms with Crippen LogP contribution in [0.4, 0.5) is 9.18 Å². The van der Waals surface area contributed by atoms with Gasteiger partial charge >= 0.3 is 12.0 Å². The van der Waals surface area contributed by atoms with Crippen LogP contribution in [-0.2, 0) is 14.3 Å². The number of ether oxygens (including phenoxy) is 2. The lowest BCUT2D eigenvalue weighted by Gasteiger charge is -2.29. The van der Waals surface area contributed by atoms with E-state index in [1.54, 1.807) is 0 Å². The van der Waals surface area contributed by atoms with Crippen LogP contribution in [0.1, 0.15) is 32.6 Å². The molecule has 1 aliphatic carbocycles. The maximum absolute atomic E-state index is 12.7. The SMILES string of the molecule is C[C@@H]1CCCC[C@H]1NC(=O)NC(=O)COC(=O)COc1ccc(F)cc1. The first kappa shape index (κ1) is 19.7. The fraction of sp³-hybridized carbons (Fsp3) is 0.500. The van der Waals surface area contributed by atoms with E-state index in [1.165, 1.54) is 24.3 Å². The van der Waals surface area contributed by atoms with Gasteiger partial charge in [0, 0.05) is 6.04 Å². The largest absolute Gasteiger partial charge is 0.482 e. The number of halogens is 1. The summed E-state index contributed by atoms with van der Waals surface area (Å²) in [6.07, 6.45) is 4.13. The lowest BCUT2D eigenvalue weighted by Crippen LogP contribution is -2.48. The van der Waals surface area contributed by atoms with Crippen LogP contribution in [0.2, 0.25) is 0 Å². The molecule has 0 aliphatic heterocycles. The van der Waals surface area contributed by atoms with Gasteiger partial charge in [-0.2, -0.15) is 0 Å². The highest BCUT2D eigenvalue weighted by Crippen LogP contribution is 2.23. The number of hydrogen-bond acceptors (Lipinski definition) is 5. The van der Waals surface area contributed by atoms with Gasteiger partial charge in [-0.3, -0.25) is 10.1 Å². The molecule has 2 rings (SSSR count). The van der Waals surface area contributed by atoms with Crippen LogP contribution in [0.5, 0.6) is 5.75 Å². The minimum atomic E-state index is -0.772. The lowest BCUT2D eigenvalue weighted by molar-refractivity contribution is -0.150. The molecule has 0 aromatic heterocycles. The fourth-order valence-corrected chi connectivity index (χ4v) is 2.76. The van der Waals surface area contributed by atoms with Gasteiger partial charge in [0.25, 0.3) is 5.91 Å². The third-order valence-corrected chi connectivity index (χ3v) is 4.22. The molecular weight excluding hydrogens is 343 g/mol. The quantitative estimate of drug-likeness (QED) is 0.753. The highest BCUT2D eigenvalue weighted by molar-refractivity contribution is 5.95. The second kappa shape index (κ2) is 9.74. The summed E-state index contributed by atoms with van der Waals surface area (Å²) in [6.45, 7) is 1.05. The molecular formula is C18H23FN2O5. The van der Waals surface area contributed by atoms with Crippen molar-refractivity contribution >= 4 is 17.9 Å². The Balaban J connectivity index is 1.63. The molecule has 7 nitrogen and oxygen atoms in total. The van der Waals surface area contributed by atoms with Crippen LogP contribution in [0.15, 0.2) is 24.3 Å². The molecule has 1 fully saturated rings. The molecule has 1 saturated carbocycles. The summed E-state index contributed by atoms with van der Waals surface area (Å²) in [7, 11) is 0. The van der Waals surface area contributed by atoms with Gasteiger partial charge < -0.3 is 14.8 Å². The summed E-state index contributed by atoms with van der Waals surface area (Å²) in [5, 5.41) is 4.91. The van der Waals surface area contributed by atoms with Crippen molar-refractivity contribution in [2.45, 2.75) is 38.6 Å². The third kappa shape index (κ3) is 6.70. The Morgan fingerprint density at radius 1 is 1.12 bits per heavy atom. The van der Waals surface area contributed by atoms with E-state index >= 15 is 0 Å². The Kier molecular flexibility index (Phi) is 7.37. The maximum atomic E-state index is 12.7. The van der Waals surface area contributed by atoms with E-state index in [1.807, 2.05) is 0 Å². The van der Waals surface area contributed by atoms with Crippen molar-refractivity contribution in [1.29, 1.82) is 0 Å². The number of urea groups is 1. The normalized spacial score (nSPS) is 19.3. The second-order valence-electron chi connectivity index (χ2n) is 6.29. The van der Waals surface area contributed by atoms with E-state index in [2.05, 4.69) is 17.6 Å². The van der Waals surface area contributed by atoms with Gasteiger partial charge in [-0.25, -0.2) is 14.0 Å². The van der Waals surface area contributed by atoms with Crippen LogP contribution in [0.25, 0.3) is 0 Å². The zero-order valence-electron chi connectivity index (χ0n) is 14.6. The summed E-state index contributed by atoms with van der Waals surface area (Å²) in [6, 6.07) is 4.58. The molecule has 1 aromatic carbocycles. The summed E-state index contributed by atoms with van der Waals surface area (Å²) < 4.78 is 22.6. The molecule has 1 aromatic rings. The number of carbonyl (C=O) groups is 3. The predicted molar refractivity (Wildman–Crippen MR) is 90.9 cm³/mol. The molecule has 2 N–H and O–H groups in total. The average molecular weight is 366 g/mol. The standard InChI is InChI=1S/C18H23FN2O5/c1-12-4-2-3-5-15(12)20-18(24)21-16(22)10-26-17(23)11-25-14-8-6-13(19)7-9-14/h6-9,12,15H,2-5,10-11H2,1H3,(H2,20,21,22,24)/t12-,15-/m1/s1. The summed E-state index contributed by atoms with van der Waals surface area (Å²) >= 11 is 0. The minimum absolute atomic E-state index is 0.0446. The average Bonchev–Trinajstić information content (AvgIpc) is 2.61. The molecule has 1 aliphatic rings. The Labute approximate surface area is 151 Å². The fourth-order valence-electron chi connectivity index (χ4n) is 2.76. The van der Waals surface area contributed by atoms with E-state index in [9.17, 15) is 18.8 Å². The Morgan fingerprint density at radius 2 is 1.81 bits per heavy atom. The predicted octanol–water partition coefficient (Wildman–Crippen LogP) is 2.15. The van der Waals surface area contributed by atoms with E-state index in [0.717, 1.165) is 25.7 Å². The van der Waals surface area contributed by atoms with Gasteiger partial charge in [0.15, 0.2) is 13.2 Å². The number of esters is 1. The number of nitrogens with one attached hydrogen (secondary N) is 2. The van der Waals surface area contributed by atoms with Gasteiger partial charge in [0.1, 0.15) is 11.6 Å². The van der Waals surface area contributed by atoms with Gasteiger partial charge in [-0.15, -0.1) is 0 Å². The van der Waals surface area contributed by atoms with Gasteiger partial charge in [0.05, 0.1) is 0 Å². The lowest BCUT2D eigenvalue weighted by atomic mass is 9.86. The molecule has 3 amide bonds. The van der Waals surface area contributed by atoms with E-state index in [0.29, 0.717) is 11.7 Å². The highest BCUT2D eigenvalue weighted by Gasteiger charge is 2.23. The molecule has 2 atom stereocenters. The molecule has 8 heteroatoms. The van der Waals surface area contributed by atoms with Crippen molar-refractivity contribution < 1.29 is 28.2 Å². The van der Waals surface area contributed by atoms with Gasteiger partial charge in [-0.1, -0.05) is 19.8 Å². The first-order chi connectivity index (χ1) is 12.4. The topological polar surface area (TPSA) is 93.7 Å². The third-order valence-electron chi connectivity index (χ3n) is 4.22. The van der Waals surface area contributed by atoms with Crippen LogP contribution in [0.3, 0.4) is 0 Å². The molecule has 0 saturated heterocycles. The van der Waals surface area contributed by atoms with E-state index in [4.69, 9.17) is 9.47 Å². The van der Waals surface area contributed by atoms with E-state index < -0.39 is 36.9 Å². The summed E-state index contributed by atoms with van der Waals surface area (Å²) in [5.74, 6) is -1.25. The minimum Gasteiger partial charge on any atom is -0.482 e. The molecule has 0 bridgehead atoms. The van der Waals surface area contributed by atoms with Crippen molar-refractivity contribution in [3.63, 3.8) is 0 Å². The van der Waals surface area contributed by atoms with Crippen molar-refractivity contribution in [3.8, 4) is 5.75 Å². The number of imide groups is 1. The second-order valence-corrected chi connectivity index (χ2v) is 6.29. The number of rotatable bonds is 6. The van der Waals surface area contributed by atoms with Crippen LogP contribution >= 0.6 is 0 Å². The van der Waals surface area contributed by atoms with Gasteiger partial charge in [0.2, 0.25) is 0 Å². The molecule has 0 unspecified atom stereocenters. The van der Waals surface area contributed by atoms with Crippen molar-refractivity contribution in [1.82, 2.24) is 10.6 Å². The first-order valence-corrected chi connectivity index (χ1v) is 8.58. The van der Waals surface area contributed by atoms with Crippen molar-refractivity contribution in [2.75, 3.05) is 13.2 Å². The van der Waals surface area contributed by atoms with Crippen LogP contribution in [0, 0.1) is 11.7 Å². The molecule has 0 radical (unpaired) electrons. The number of carbonyl (C=O) groups excluding carboxylic acids is 3. The van der Waals surface area contributed by atoms with Gasteiger partial charge in [-0.05, 0) is 43.0 Å². The Hall–Kier alpha value is -2.64. The number of benzene rings is 1. The summed E-state index contributed by atoms with van der Waals surface area (Å²) in [5.41, 5.74) is 0. The number of amides is 3. The van der Waals surface area contributed by atoms with Crippen molar-refractivity contribution in [2.24, 2.45) is 5.92 Å². The zero-order chi connectivity index (χ0) is 18.9. The Bertz CT molecular complexity index is 635. The first-order valence-electron chi connectivity index (χ1n) is 8.58. The smallest absolute Gasteiger partial charge is 0.344 e. The maximum Gasteiger partial charge on any atom is 0.344 e. The molecule has 0 spiro atoms. The zero-order valence-corrected chi connectivity index (χ0v) is 14.6. The monoisotopic (exact) mass is 366 g/mol. The van der Waals surface area contributed by atoms with E-state index in [-0.39, 0.29) is 6.04 Å². The van der Waals surface area contributed by atoms with Crippen LogP contribution < -0.4 is 15.4 Å². The highest BCUT2D eigenvalue weighted by atomic mass is 19.1. The number of hydrogen-bond donors (Lipinski definition) is 2. The molecule has 0 heterocycles. The van der Waals surface area contributed by atoms with Crippen molar-refractivity contribution in [3.05, 3.63) is 30.1 Å². The Morgan fingerprint density at radius 3 is 2.50 bits per heavy atom. The molecule has 142 valence electrons. The molecule has 26 heavy (non-hydrogen) atoms. The van der Waals surface area contributed by atoms with Crippen LogP contribution in [-0.4, -0.2) is 37.2 Å². The summed E-state index contributed by atoms with van der Waals surface area (Å²) in [4.78, 5) is 35.0.